The van der Waals surface area contributed by atoms with Crippen LogP contribution in [0.2, 0.25) is 15.1 Å². The fraction of sp³-hybridized carbons (Fsp3) is 0.143. The first-order chi connectivity index (χ1) is 11.4. The number of nitrogens with zero attached hydrogens (tertiary/aromatic N) is 1. The molecule has 0 aromatic heterocycles. The van der Waals surface area contributed by atoms with Gasteiger partial charge in [0.2, 0.25) is 0 Å². The number of alkyl halides is 3. The Morgan fingerprint density at radius 2 is 1.52 bits per heavy atom. The van der Waals surface area contributed by atoms with E-state index in [1.165, 1.54) is 30.3 Å². The van der Waals surface area contributed by atoms with Gasteiger partial charge in [-0.2, -0.15) is 21.6 Å². The predicted molar refractivity (Wildman–Crippen MR) is 91.4 cm³/mol. The Kier molecular flexibility index (Phi) is 5.68. The third-order valence-electron chi connectivity index (χ3n) is 3.03. The summed E-state index contributed by atoms with van der Waals surface area (Å²) < 4.78 is 67.1. The lowest BCUT2D eigenvalue weighted by Gasteiger charge is -2.23. The van der Waals surface area contributed by atoms with Crippen LogP contribution in [0.15, 0.2) is 36.4 Å². The van der Waals surface area contributed by atoms with Crippen LogP contribution in [0.3, 0.4) is 0 Å². The topological polar surface area (TPSA) is 46.6 Å². The van der Waals surface area contributed by atoms with E-state index in [9.17, 15) is 21.6 Å². The summed E-state index contributed by atoms with van der Waals surface area (Å²) in [7, 11) is -4.87. The third-order valence-corrected chi connectivity index (χ3v) is 5.30. The highest BCUT2D eigenvalue weighted by atomic mass is 35.5. The van der Waals surface area contributed by atoms with E-state index in [0.29, 0.717) is 5.02 Å². The highest BCUT2D eigenvalue weighted by Crippen LogP contribution is 2.40. The molecular formula is C14H9Cl3F3NO3S. The molecule has 11 heteroatoms. The highest BCUT2D eigenvalue weighted by Gasteiger charge is 2.49. The normalized spacial score (nSPS) is 12.1. The zero-order valence-electron chi connectivity index (χ0n) is 12.3. The van der Waals surface area contributed by atoms with Crippen LogP contribution >= 0.6 is 34.8 Å². The number of sulfonamides is 1. The molecule has 0 spiro atoms. The van der Waals surface area contributed by atoms with Gasteiger partial charge in [-0.1, -0.05) is 34.8 Å². The molecule has 4 nitrogen and oxygen atoms in total. The molecule has 0 N–H and O–H groups in total. The molecule has 0 heterocycles. The number of rotatable bonds is 4. The SMILES string of the molecule is CN(c1ccc(Cl)cc1Oc1ccc(Cl)cc1Cl)S(=O)(=O)C(F)(F)F. The molecule has 2 rings (SSSR count). The molecule has 0 aliphatic rings. The van der Waals surface area contributed by atoms with Crippen molar-refractivity contribution in [3.05, 3.63) is 51.5 Å². The van der Waals surface area contributed by atoms with Gasteiger partial charge in [0.25, 0.3) is 0 Å². The lowest BCUT2D eigenvalue weighted by molar-refractivity contribution is -0.0437. The van der Waals surface area contributed by atoms with Crippen molar-refractivity contribution in [1.82, 2.24) is 0 Å². The fourth-order valence-corrected chi connectivity index (χ4v) is 3.12. The van der Waals surface area contributed by atoms with Gasteiger partial charge in [-0.3, -0.25) is 4.31 Å². The van der Waals surface area contributed by atoms with Gasteiger partial charge in [0.15, 0.2) is 5.75 Å². The molecule has 0 radical (unpaired) electrons. The van der Waals surface area contributed by atoms with Crippen LogP contribution in [0.5, 0.6) is 11.5 Å². The van der Waals surface area contributed by atoms with Crippen LogP contribution < -0.4 is 9.04 Å². The smallest absolute Gasteiger partial charge is 0.454 e. The van der Waals surface area contributed by atoms with E-state index in [1.54, 1.807) is 0 Å². The van der Waals surface area contributed by atoms with E-state index in [0.717, 1.165) is 13.1 Å². The molecule has 0 aliphatic heterocycles. The van der Waals surface area contributed by atoms with Crippen molar-refractivity contribution in [2.45, 2.75) is 5.51 Å². The van der Waals surface area contributed by atoms with E-state index in [2.05, 4.69) is 0 Å². The molecule has 0 saturated carbocycles. The minimum atomic E-state index is -5.62. The molecule has 2 aromatic carbocycles. The number of hydrogen-bond donors (Lipinski definition) is 0. The average molecular weight is 435 g/mol. The Labute approximate surface area is 156 Å². The standard InChI is InChI=1S/C14H9Cl3F3NO3S/c1-21(25(22,23)14(18,19)20)11-4-2-9(16)7-13(11)24-12-5-3-8(15)6-10(12)17/h2-7H,1H3. The summed E-state index contributed by atoms with van der Waals surface area (Å²) in [6.45, 7) is 0. The second kappa shape index (κ2) is 7.11. The molecule has 2 aromatic rings. The zero-order chi connectivity index (χ0) is 19.0. The molecule has 0 fully saturated rings. The van der Waals surface area contributed by atoms with E-state index < -0.39 is 15.5 Å². The predicted octanol–water partition coefficient (Wildman–Crippen LogP) is 5.72. The molecule has 0 amide bonds. The first-order valence-corrected chi connectivity index (χ1v) is 8.98. The monoisotopic (exact) mass is 433 g/mol. The number of benzene rings is 2. The van der Waals surface area contributed by atoms with Crippen molar-refractivity contribution in [3.63, 3.8) is 0 Å². The second-order valence-corrected chi connectivity index (χ2v) is 7.95. The van der Waals surface area contributed by atoms with Gasteiger partial charge in [-0.05, 0) is 30.3 Å². The van der Waals surface area contributed by atoms with Crippen LogP contribution in [0.4, 0.5) is 18.9 Å². The van der Waals surface area contributed by atoms with E-state index in [-0.39, 0.29) is 31.5 Å². The highest BCUT2D eigenvalue weighted by molar-refractivity contribution is 7.93. The quantitative estimate of drug-likeness (QED) is 0.618. The number of halogens is 6. The molecule has 25 heavy (non-hydrogen) atoms. The maximum Gasteiger partial charge on any atom is 0.516 e. The van der Waals surface area contributed by atoms with Crippen molar-refractivity contribution < 1.29 is 26.3 Å². The fourth-order valence-electron chi connectivity index (χ4n) is 1.79. The van der Waals surface area contributed by atoms with Crippen molar-refractivity contribution >= 4 is 50.5 Å². The summed E-state index contributed by atoms with van der Waals surface area (Å²) in [6.07, 6.45) is 0. The summed E-state index contributed by atoms with van der Waals surface area (Å²) in [5, 5.41) is 0.529. The summed E-state index contributed by atoms with van der Waals surface area (Å²) in [4.78, 5) is 0. The Bertz CT molecular complexity index is 904. The van der Waals surface area contributed by atoms with Gasteiger partial charge in [-0.15, -0.1) is 0 Å². The molecule has 0 atom stereocenters. The second-order valence-electron chi connectivity index (χ2n) is 4.71. The van der Waals surface area contributed by atoms with Gasteiger partial charge in [-0.25, -0.2) is 0 Å². The summed E-state index contributed by atoms with van der Waals surface area (Å²) >= 11 is 17.6. The summed E-state index contributed by atoms with van der Waals surface area (Å²) in [5.74, 6) is -0.167. The van der Waals surface area contributed by atoms with Crippen molar-refractivity contribution in [1.29, 1.82) is 0 Å². The van der Waals surface area contributed by atoms with Crippen molar-refractivity contribution in [3.8, 4) is 11.5 Å². The van der Waals surface area contributed by atoms with Crippen LogP contribution in [0.1, 0.15) is 0 Å². The van der Waals surface area contributed by atoms with Gasteiger partial charge in [0.1, 0.15) is 5.75 Å². The molecule has 0 saturated heterocycles. The Balaban J connectivity index is 2.51. The van der Waals surface area contributed by atoms with Crippen molar-refractivity contribution in [2.24, 2.45) is 0 Å². The number of anilines is 1. The minimum Gasteiger partial charge on any atom is -0.454 e. The molecular weight excluding hydrogens is 426 g/mol. The lowest BCUT2D eigenvalue weighted by Crippen LogP contribution is -2.38. The van der Waals surface area contributed by atoms with Gasteiger partial charge >= 0.3 is 15.5 Å². The molecule has 136 valence electrons. The largest absolute Gasteiger partial charge is 0.516 e. The average Bonchev–Trinajstić information content (AvgIpc) is 2.48. The molecule has 0 aliphatic carbocycles. The van der Waals surface area contributed by atoms with Crippen LogP contribution in [0.25, 0.3) is 0 Å². The maximum atomic E-state index is 12.8. The first kappa shape index (κ1) is 20.0. The summed E-state index contributed by atoms with van der Waals surface area (Å²) in [6, 6.07) is 7.68. The number of ether oxygens (including phenoxy) is 1. The van der Waals surface area contributed by atoms with Crippen LogP contribution in [0, 0.1) is 0 Å². The Morgan fingerprint density at radius 1 is 0.960 bits per heavy atom. The van der Waals surface area contributed by atoms with Crippen LogP contribution in [-0.2, 0) is 10.0 Å². The van der Waals surface area contributed by atoms with Crippen LogP contribution in [-0.4, -0.2) is 21.0 Å². The Morgan fingerprint density at radius 3 is 2.08 bits per heavy atom. The molecule has 0 unspecified atom stereocenters. The minimum absolute atomic E-state index is 0.0580. The number of hydrogen-bond acceptors (Lipinski definition) is 3. The molecule has 0 bridgehead atoms. The van der Waals surface area contributed by atoms with E-state index in [4.69, 9.17) is 39.5 Å². The van der Waals surface area contributed by atoms with E-state index in [1.807, 2.05) is 0 Å². The first-order valence-electron chi connectivity index (χ1n) is 6.41. The van der Waals surface area contributed by atoms with Gasteiger partial charge < -0.3 is 4.74 Å². The third kappa shape index (κ3) is 4.25. The zero-order valence-corrected chi connectivity index (χ0v) is 15.4. The van der Waals surface area contributed by atoms with Gasteiger partial charge in [0.05, 0.1) is 10.7 Å². The summed E-state index contributed by atoms with van der Waals surface area (Å²) in [5.41, 5.74) is -5.84. The maximum absolute atomic E-state index is 12.8. The lowest BCUT2D eigenvalue weighted by atomic mass is 10.3. The van der Waals surface area contributed by atoms with Crippen molar-refractivity contribution in [2.75, 3.05) is 11.4 Å². The Hall–Kier alpha value is -1.35. The van der Waals surface area contributed by atoms with E-state index >= 15 is 0 Å². The van der Waals surface area contributed by atoms with Gasteiger partial charge in [0, 0.05) is 23.2 Å².